The predicted molar refractivity (Wildman–Crippen MR) is 104 cm³/mol. The monoisotopic (exact) mass is 383 g/mol. The molecule has 0 spiro atoms. The quantitative estimate of drug-likeness (QED) is 0.742. The van der Waals surface area contributed by atoms with Crippen molar-refractivity contribution in [3.05, 3.63) is 57.4 Å². The molecule has 3 rings (SSSR count). The van der Waals surface area contributed by atoms with E-state index in [0.29, 0.717) is 40.9 Å². The average Bonchev–Trinajstić information content (AvgIpc) is 2.82. The molecule has 0 fully saturated rings. The second-order valence-electron chi connectivity index (χ2n) is 6.90. The number of nitrogens with zero attached hydrogens (tertiary/aromatic N) is 1. The van der Waals surface area contributed by atoms with Crippen molar-refractivity contribution in [1.29, 1.82) is 0 Å². The zero-order valence-corrected chi connectivity index (χ0v) is 16.8. The van der Waals surface area contributed by atoms with Gasteiger partial charge in [0.1, 0.15) is 0 Å². The summed E-state index contributed by atoms with van der Waals surface area (Å²) in [5, 5.41) is 0. The number of benzene rings is 1. The smallest absolute Gasteiger partial charge is 0.340 e. The number of hydrogen-bond acceptors (Lipinski definition) is 5. The molecule has 0 bridgehead atoms. The lowest BCUT2D eigenvalue weighted by atomic mass is 9.99. The number of ether oxygens (including phenoxy) is 2. The van der Waals surface area contributed by atoms with Gasteiger partial charge in [0.2, 0.25) is 5.78 Å². The largest absolute Gasteiger partial charge is 0.466 e. The van der Waals surface area contributed by atoms with Gasteiger partial charge in [0.25, 0.3) is 0 Å². The highest BCUT2D eigenvalue weighted by atomic mass is 16.5. The summed E-state index contributed by atoms with van der Waals surface area (Å²) < 4.78 is 12.0. The van der Waals surface area contributed by atoms with E-state index in [1.807, 2.05) is 25.1 Å². The molecule has 6 nitrogen and oxygen atoms in total. The molecule has 1 aromatic carbocycles. The molecule has 2 aromatic rings. The Labute approximate surface area is 164 Å². The van der Waals surface area contributed by atoms with E-state index >= 15 is 0 Å². The van der Waals surface area contributed by atoms with E-state index in [1.165, 1.54) is 0 Å². The van der Waals surface area contributed by atoms with Gasteiger partial charge in [-0.05, 0) is 44.7 Å². The van der Waals surface area contributed by atoms with Crippen LogP contribution in [0.5, 0.6) is 0 Å². The number of aryl methyl sites for hydroxylation is 2. The van der Waals surface area contributed by atoms with Crippen LogP contribution >= 0.6 is 0 Å². The molecule has 1 aliphatic carbocycles. The van der Waals surface area contributed by atoms with Crippen LogP contribution in [0.4, 0.5) is 0 Å². The van der Waals surface area contributed by atoms with Crippen molar-refractivity contribution >= 4 is 17.7 Å². The van der Waals surface area contributed by atoms with Crippen LogP contribution in [-0.4, -0.2) is 35.5 Å². The van der Waals surface area contributed by atoms with Crippen molar-refractivity contribution in [2.75, 3.05) is 13.2 Å². The van der Waals surface area contributed by atoms with Crippen molar-refractivity contribution in [3.8, 4) is 0 Å². The summed E-state index contributed by atoms with van der Waals surface area (Å²) >= 11 is 0. The summed E-state index contributed by atoms with van der Waals surface area (Å²) in [7, 11) is 1.72. The van der Waals surface area contributed by atoms with E-state index in [0.717, 1.165) is 11.1 Å². The molecule has 0 radical (unpaired) electrons. The predicted octanol–water partition coefficient (Wildman–Crippen LogP) is 2.95. The molecule has 0 atom stereocenters. The zero-order chi connectivity index (χ0) is 20.4. The van der Waals surface area contributed by atoms with Crippen molar-refractivity contribution < 1.29 is 23.9 Å². The van der Waals surface area contributed by atoms with E-state index in [1.54, 1.807) is 25.5 Å². The minimum Gasteiger partial charge on any atom is -0.466 e. The summed E-state index contributed by atoms with van der Waals surface area (Å²) in [6.45, 7) is 5.92. The minimum atomic E-state index is -0.506. The fourth-order valence-electron chi connectivity index (χ4n) is 3.87. The number of rotatable bonds is 5. The second kappa shape index (κ2) is 8.00. The second-order valence-corrected chi connectivity index (χ2v) is 6.90. The Kier molecular flexibility index (Phi) is 5.68. The van der Waals surface area contributed by atoms with Gasteiger partial charge < -0.3 is 14.0 Å². The van der Waals surface area contributed by atoms with Gasteiger partial charge in [-0.2, -0.15) is 0 Å². The van der Waals surface area contributed by atoms with Gasteiger partial charge in [0.05, 0.1) is 30.9 Å². The maximum absolute atomic E-state index is 13.3. The van der Waals surface area contributed by atoms with E-state index < -0.39 is 11.9 Å². The Hall–Kier alpha value is -2.89. The molecule has 1 aliphatic rings. The van der Waals surface area contributed by atoms with E-state index in [4.69, 9.17) is 9.47 Å². The first-order valence-corrected chi connectivity index (χ1v) is 9.56. The Balaban J connectivity index is 2.17. The number of carbonyl (C=O) groups excluding carboxylic acids is 3. The molecule has 28 heavy (non-hydrogen) atoms. The SMILES string of the molecule is CCOC(=O)Cc1c(C(=O)OCC)c2c(n1C)C(=O)c1ccc(C)cc1CC2. The Morgan fingerprint density at radius 2 is 1.82 bits per heavy atom. The van der Waals surface area contributed by atoms with Crippen LogP contribution in [0, 0.1) is 6.92 Å². The first-order valence-electron chi connectivity index (χ1n) is 9.56. The molecule has 0 unspecified atom stereocenters. The highest BCUT2D eigenvalue weighted by molar-refractivity contribution is 6.12. The van der Waals surface area contributed by atoms with E-state index in [-0.39, 0.29) is 25.4 Å². The minimum absolute atomic E-state index is 0.0838. The Bertz CT molecular complexity index is 954. The van der Waals surface area contributed by atoms with Crippen molar-refractivity contribution in [1.82, 2.24) is 4.57 Å². The van der Waals surface area contributed by atoms with Gasteiger partial charge >= 0.3 is 11.9 Å². The third kappa shape index (κ3) is 3.46. The number of ketones is 1. The first kappa shape index (κ1) is 19.9. The average molecular weight is 383 g/mol. The van der Waals surface area contributed by atoms with Gasteiger partial charge in [0, 0.05) is 18.3 Å². The topological polar surface area (TPSA) is 74.6 Å². The van der Waals surface area contributed by atoms with Crippen molar-refractivity contribution in [2.24, 2.45) is 7.05 Å². The van der Waals surface area contributed by atoms with Crippen molar-refractivity contribution in [3.63, 3.8) is 0 Å². The molecular formula is C22H25NO5. The summed E-state index contributed by atoms with van der Waals surface area (Å²) in [6.07, 6.45) is 1.09. The highest BCUT2D eigenvalue weighted by Crippen LogP contribution is 2.32. The fraction of sp³-hybridized carbons (Fsp3) is 0.409. The molecule has 148 valence electrons. The number of carbonyl (C=O) groups is 3. The van der Waals surface area contributed by atoms with Gasteiger partial charge in [-0.3, -0.25) is 9.59 Å². The molecule has 1 aromatic heterocycles. The maximum Gasteiger partial charge on any atom is 0.340 e. The van der Waals surface area contributed by atoms with Crippen LogP contribution in [0.25, 0.3) is 0 Å². The van der Waals surface area contributed by atoms with Crippen LogP contribution in [0.3, 0.4) is 0 Å². The fourth-order valence-corrected chi connectivity index (χ4v) is 3.87. The Morgan fingerprint density at radius 3 is 2.50 bits per heavy atom. The molecule has 0 saturated carbocycles. The van der Waals surface area contributed by atoms with Crippen LogP contribution in [0.2, 0.25) is 0 Å². The number of aromatic nitrogens is 1. The first-order chi connectivity index (χ1) is 13.4. The summed E-state index contributed by atoms with van der Waals surface area (Å²) in [4.78, 5) is 38.2. The van der Waals surface area contributed by atoms with E-state index in [9.17, 15) is 14.4 Å². The van der Waals surface area contributed by atoms with Gasteiger partial charge in [-0.15, -0.1) is 0 Å². The van der Waals surface area contributed by atoms with Gasteiger partial charge in [-0.25, -0.2) is 4.79 Å². The molecule has 1 heterocycles. The highest BCUT2D eigenvalue weighted by Gasteiger charge is 2.33. The molecular weight excluding hydrogens is 358 g/mol. The lowest BCUT2D eigenvalue weighted by Gasteiger charge is -2.10. The lowest BCUT2D eigenvalue weighted by Crippen LogP contribution is -2.16. The molecule has 6 heteroatoms. The third-order valence-electron chi connectivity index (χ3n) is 5.08. The molecule has 0 saturated heterocycles. The zero-order valence-electron chi connectivity index (χ0n) is 16.8. The number of fused-ring (bicyclic) bond motifs is 2. The number of esters is 2. The maximum atomic E-state index is 13.3. The van der Waals surface area contributed by atoms with Crippen LogP contribution in [0.15, 0.2) is 18.2 Å². The van der Waals surface area contributed by atoms with E-state index in [2.05, 4.69) is 0 Å². The van der Waals surface area contributed by atoms with Crippen molar-refractivity contribution in [2.45, 2.75) is 40.0 Å². The normalized spacial score (nSPS) is 12.8. The van der Waals surface area contributed by atoms with Gasteiger partial charge in [-0.1, -0.05) is 23.8 Å². The molecule has 0 N–H and O–H groups in total. The Morgan fingerprint density at radius 1 is 1.11 bits per heavy atom. The van der Waals surface area contributed by atoms with Crippen LogP contribution < -0.4 is 0 Å². The summed E-state index contributed by atoms with van der Waals surface area (Å²) in [6, 6.07) is 5.77. The van der Waals surface area contributed by atoms with Gasteiger partial charge in [0.15, 0.2) is 0 Å². The summed E-state index contributed by atoms with van der Waals surface area (Å²) in [5.74, 6) is -1.08. The molecule has 0 aliphatic heterocycles. The summed E-state index contributed by atoms with van der Waals surface area (Å²) in [5.41, 5.74) is 4.59. The molecule has 0 amide bonds. The standard InChI is InChI=1S/C22H25NO5/c1-5-27-18(24)12-17-19(22(26)28-6-2)16-10-8-14-11-13(3)7-9-15(14)21(25)20(16)23(17)4/h7,9,11H,5-6,8,10,12H2,1-4H3. The number of hydrogen-bond donors (Lipinski definition) is 0. The van der Waals surface area contributed by atoms with Crippen LogP contribution in [-0.2, 0) is 40.6 Å². The van der Waals surface area contributed by atoms with Crippen LogP contribution in [0.1, 0.15) is 62.6 Å². The third-order valence-corrected chi connectivity index (χ3v) is 5.08. The lowest BCUT2D eigenvalue weighted by molar-refractivity contribution is -0.142.